The first-order valence-electron chi connectivity index (χ1n) is 2.18. The number of hydrogen-bond acceptors (Lipinski definition) is 2. The first-order valence-corrected chi connectivity index (χ1v) is 2.18. The van der Waals surface area contributed by atoms with Crippen LogP contribution in [0.5, 0.6) is 0 Å². The summed E-state index contributed by atoms with van der Waals surface area (Å²) in [6.07, 6.45) is -1.32. The predicted octanol–water partition coefficient (Wildman–Crippen LogP) is 0.0887. The van der Waals surface area contributed by atoms with Crippen LogP contribution >= 0.6 is 0 Å². The molecule has 54 valence electrons. The van der Waals surface area contributed by atoms with Crippen molar-refractivity contribution in [3.05, 3.63) is 0 Å². The molecule has 0 heterocycles. The Kier molecular flexibility index (Phi) is 2.51. The molecule has 0 saturated heterocycles. The molecule has 0 aromatic carbocycles. The lowest BCUT2D eigenvalue weighted by atomic mass is 10.2. The van der Waals surface area contributed by atoms with Crippen LogP contribution < -0.4 is 0 Å². The second-order valence-corrected chi connectivity index (χ2v) is 1.58. The number of carboxylic acids is 1. The third kappa shape index (κ3) is 3.84. The number of alkyl halides is 2. The number of aliphatic hydroxyl groups excluding tert-OH is 1. The first-order chi connectivity index (χ1) is 3.98. The van der Waals surface area contributed by atoms with Crippen molar-refractivity contribution in [1.82, 2.24) is 0 Å². The molecule has 0 saturated carbocycles. The van der Waals surface area contributed by atoms with Crippen molar-refractivity contribution in [3.63, 3.8) is 0 Å². The summed E-state index contributed by atoms with van der Waals surface area (Å²) >= 11 is 0. The molecule has 0 atom stereocenters. The van der Waals surface area contributed by atoms with Gasteiger partial charge in [0.15, 0.2) is 0 Å². The average Bonchev–Trinajstić information content (AvgIpc) is 1.63. The number of aliphatic hydroxyl groups is 1. The molecule has 0 aliphatic heterocycles. The molecule has 3 nitrogen and oxygen atoms in total. The van der Waals surface area contributed by atoms with Gasteiger partial charge in [0.2, 0.25) is 0 Å². The van der Waals surface area contributed by atoms with Gasteiger partial charge in [-0.1, -0.05) is 0 Å². The fraction of sp³-hybridized carbons (Fsp3) is 0.750. The number of hydrogen-bond donors (Lipinski definition) is 2. The summed E-state index contributed by atoms with van der Waals surface area (Å²) in [6, 6.07) is 0. The smallest absolute Gasteiger partial charge is 0.309 e. The normalized spacial score (nSPS) is 11.4. The summed E-state index contributed by atoms with van der Waals surface area (Å²) in [4.78, 5) is 9.58. The summed E-state index contributed by atoms with van der Waals surface area (Å²) in [5.74, 6) is -5.10. The Morgan fingerprint density at radius 3 is 2.11 bits per heavy atom. The Hall–Kier alpha value is -0.710. The van der Waals surface area contributed by atoms with Crippen molar-refractivity contribution < 1.29 is 23.8 Å². The molecule has 0 bridgehead atoms. The Balaban J connectivity index is 3.71. The average molecular weight is 140 g/mol. The molecule has 0 aromatic heterocycles. The molecule has 0 aliphatic carbocycles. The van der Waals surface area contributed by atoms with Gasteiger partial charge in [0.05, 0.1) is 0 Å². The van der Waals surface area contributed by atoms with E-state index < -0.39 is 24.9 Å². The number of carboxylic acid groups (broad SMARTS) is 1. The summed E-state index contributed by atoms with van der Waals surface area (Å²) in [5.41, 5.74) is 0. The fourth-order valence-corrected chi connectivity index (χ4v) is 0.277. The van der Waals surface area contributed by atoms with Crippen molar-refractivity contribution >= 4 is 5.97 Å². The van der Waals surface area contributed by atoms with Crippen molar-refractivity contribution in [3.8, 4) is 0 Å². The van der Waals surface area contributed by atoms with E-state index in [1.807, 2.05) is 0 Å². The minimum Gasteiger partial charge on any atom is -0.481 e. The highest BCUT2D eigenvalue weighted by Gasteiger charge is 2.30. The Bertz CT molecular complexity index is 112. The molecule has 9 heavy (non-hydrogen) atoms. The van der Waals surface area contributed by atoms with E-state index in [-0.39, 0.29) is 0 Å². The van der Waals surface area contributed by atoms with Gasteiger partial charge in [-0.2, -0.15) is 0 Å². The lowest BCUT2D eigenvalue weighted by Crippen LogP contribution is -2.24. The number of aliphatic carboxylic acids is 1. The van der Waals surface area contributed by atoms with Gasteiger partial charge in [-0.15, -0.1) is 0 Å². The monoisotopic (exact) mass is 140 g/mol. The highest BCUT2D eigenvalue weighted by Crippen LogP contribution is 2.16. The lowest BCUT2D eigenvalue weighted by Gasteiger charge is -2.07. The van der Waals surface area contributed by atoms with Gasteiger partial charge < -0.3 is 10.2 Å². The van der Waals surface area contributed by atoms with E-state index in [0.717, 1.165) is 0 Å². The van der Waals surface area contributed by atoms with Crippen LogP contribution in [0.25, 0.3) is 0 Å². The summed E-state index contributed by atoms with van der Waals surface area (Å²) < 4.78 is 23.5. The van der Waals surface area contributed by atoms with Crippen LogP contribution in [-0.4, -0.2) is 28.7 Å². The molecule has 0 spiro atoms. The highest BCUT2D eigenvalue weighted by molar-refractivity contribution is 5.67. The summed E-state index contributed by atoms with van der Waals surface area (Å²) in [6.45, 7) is -1.42. The second kappa shape index (κ2) is 2.72. The third-order valence-corrected chi connectivity index (χ3v) is 0.641. The van der Waals surface area contributed by atoms with E-state index in [0.29, 0.717) is 0 Å². The standard InChI is InChI=1S/C4H6F2O3/c5-4(6,2-7)1-3(8)9/h7H,1-2H2,(H,8,9). The van der Waals surface area contributed by atoms with Gasteiger partial charge in [-0.3, -0.25) is 4.79 Å². The molecule has 0 aliphatic rings. The van der Waals surface area contributed by atoms with Crippen LogP contribution in [0.4, 0.5) is 8.78 Å². The van der Waals surface area contributed by atoms with Crippen molar-refractivity contribution in [2.24, 2.45) is 0 Å². The molecule has 0 fully saturated rings. The highest BCUT2D eigenvalue weighted by atomic mass is 19.3. The molecule has 0 radical (unpaired) electrons. The largest absolute Gasteiger partial charge is 0.481 e. The topological polar surface area (TPSA) is 57.5 Å². The number of rotatable bonds is 3. The molecule has 2 N–H and O–H groups in total. The number of carbonyl (C=O) groups is 1. The van der Waals surface area contributed by atoms with E-state index in [1.54, 1.807) is 0 Å². The van der Waals surface area contributed by atoms with Crippen LogP contribution in [-0.2, 0) is 4.79 Å². The van der Waals surface area contributed by atoms with Gasteiger partial charge in [-0.25, -0.2) is 8.78 Å². The van der Waals surface area contributed by atoms with Crippen LogP contribution in [0.1, 0.15) is 6.42 Å². The van der Waals surface area contributed by atoms with E-state index >= 15 is 0 Å². The Morgan fingerprint density at radius 1 is 1.56 bits per heavy atom. The first kappa shape index (κ1) is 8.29. The quantitative estimate of drug-likeness (QED) is 0.584. The van der Waals surface area contributed by atoms with Crippen LogP contribution in [0.3, 0.4) is 0 Å². The zero-order chi connectivity index (χ0) is 7.49. The molecule has 0 aromatic rings. The maximum absolute atomic E-state index is 11.8. The van der Waals surface area contributed by atoms with Crippen LogP contribution in [0, 0.1) is 0 Å². The van der Waals surface area contributed by atoms with Gasteiger partial charge in [-0.05, 0) is 0 Å². The zero-order valence-corrected chi connectivity index (χ0v) is 4.47. The van der Waals surface area contributed by atoms with E-state index in [4.69, 9.17) is 10.2 Å². The van der Waals surface area contributed by atoms with Gasteiger partial charge in [0.1, 0.15) is 13.0 Å². The molecule has 5 heteroatoms. The predicted molar refractivity (Wildman–Crippen MR) is 24.3 cm³/mol. The van der Waals surface area contributed by atoms with Crippen molar-refractivity contribution in [1.29, 1.82) is 0 Å². The minimum absolute atomic E-state index is 1.32. The Morgan fingerprint density at radius 2 is 2.00 bits per heavy atom. The van der Waals surface area contributed by atoms with E-state index in [1.165, 1.54) is 0 Å². The van der Waals surface area contributed by atoms with Crippen LogP contribution in [0.2, 0.25) is 0 Å². The Labute approximate surface area is 49.9 Å². The molecule has 0 unspecified atom stereocenters. The van der Waals surface area contributed by atoms with Crippen molar-refractivity contribution in [2.75, 3.05) is 6.61 Å². The summed E-state index contributed by atoms with van der Waals surface area (Å²) in [7, 11) is 0. The minimum atomic E-state index is -3.48. The maximum Gasteiger partial charge on any atom is 0.309 e. The lowest BCUT2D eigenvalue weighted by molar-refractivity contribution is -0.147. The summed E-state index contributed by atoms with van der Waals surface area (Å²) in [5, 5.41) is 15.6. The van der Waals surface area contributed by atoms with Gasteiger partial charge >= 0.3 is 5.97 Å². The van der Waals surface area contributed by atoms with Crippen LogP contribution in [0.15, 0.2) is 0 Å². The second-order valence-electron chi connectivity index (χ2n) is 1.58. The van der Waals surface area contributed by atoms with Crippen molar-refractivity contribution in [2.45, 2.75) is 12.3 Å². The van der Waals surface area contributed by atoms with Gasteiger partial charge in [0, 0.05) is 0 Å². The fourth-order valence-electron chi connectivity index (χ4n) is 0.277. The zero-order valence-electron chi connectivity index (χ0n) is 4.47. The SMILES string of the molecule is O=C(O)CC(F)(F)CO. The third-order valence-electron chi connectivity index (χ3n) is 0.641. The maximum atomic E-state index is 11.8. The molecule has 0 rings (SSSR count). The number of halogens is 2. The molecule has 0 amide bonds. The molecular formula is C4H6F2O3. The van der Waals surface area contributed by atoms with E-state index in [9.17, 15) is 13.6 Å². The van der Waals surface area contributed by atoms with Gasteiger partial charge in [0.25, 0.3) is 5.92 Å². The molecular weight excluding hydrogens is 134 g/mol. The van der Waals surface area contributed by atoms with E-state index in [2.05, 4.69) is 0 Å².